The Bertz CT molecular complexity index is 2500. The van der Waals surface area contributed by atoms with Crippen molar-refractivity contribution in [1.82, 2.24) is 47.9 Å². The molecule has 36 heteroatoms. The average molecular weight is 1530 g/mol. The first-order chi connectivity index (χ1) is 50.8. The number of rotatable bonds is 56. The number of carbonyl (C=O) groups is 9. The number of alkyl carbamates (subject to hydrolysis) is 3. The molecule has 3 aliphatic rings. The van der Waals surface area contributed by atoms with Crippen LogP contribution in [0.5, 0.6) is 0 Å². The summed E-state index contributed by atoms with van der Waals surface area (Å²) in [5.74, 6) is -1.87. The lowest BCUT2D eigenvalue weighted by Crippen LogP contribution is -2.64. The summed E-state index contributed by atoms with van der Waals surface area (Å²) in [7, 11) is 0. The molecule has 0 aromatic heterocycles. The fraction of sp³-hybridized carbons (Fsp3) is 0.871. The van der Waals surface area contributed by atoms with E-state index in [0.717, 1.165) is 70.6 Å². The molecule has 16 atom stereocenters. The van der Waals surface area contributed by atoms with E-state index in [-0.39, 0.29) is 82.0 Å². The highest BCUT2D eigenvalue weighted by molar-refractivity contribution is 5.77. The minimum absolute atomic E-state index is 0.0570. The lowest BCUT2D eigenvalue weighted by Gasteiger charge is -2.42. The van der Waals surface area contributed by atoms with E-state index in [1.165, 1.54) is 20.8 Å². The number of hydrogen-bond acceptors (Lipinski definition) is 27. The molecule has 3 fully saturated rings. The van der Waals surface area contributed by atoms with Crippen LogP contribution in [-0.2, 0) is 71.4 Å². The number of nitrogens with one attached hydrogen (secondary N) is 9. The molecule has 3 rings (SSSR count). The van der Waals surface area contributed by atoms with Crippen LogP contribution < -0.4 is 47.9 Å². The van der Waals surface area contributed by atoms with Gasteiger partial charge in [0.1, 0.15) is 73.1 Å². The second-order valence-corrected chi connectivity index (χ2v) is 27.5. The second kappa shape index (κ2) is 55.4. The van der Waals surface area contributed by atoms with Gasteiger partial charge in [-0.25, -0.2) is 14.4 Å². The van der Waals surface area contributed by atoms with Gasteiger partial charge >= 0.3 is 18.3 Å². The topological polar surface area (TPSA) is 527 Å². The summed E-state index contributed by atoms with van der Waals surface area (Å²) in [6.45, 7) is 7.64. The second-order valence-electron chi connectivity index (χ2n) is 27.5. The molecule has 614 valence electrons. The Morgan fingerprint density at radius 1 is 0.321 bits per heavy atom. The average Bonchev–Trinajstić information content (AvgIpc) is 0.822. The molecule has 0 radical (unpaired) electrons. The number of aliphatic hydroxyl groups excluding tert-OH is 9. The van der Waals surface area contributed by atoms with E-state index in [0.29, 0.717) is 116 Å². The molecule has 0 aliphatic carbocycles. The largest absolute Gasteiger partial charge is 0.450 e. The van der Waals surface area contributed by atoms with Crippen molar-refractivity contribution in [2.24, 2.45) is 5.41 Å². The molecular formula is C70H127N9O27. The molecule has 16 unspecified atom stereocenters. The van der Waals surface area contributed by atoms with Gasteiger partial charge in [0.2, 0.25) is 35.4 Å². The Morgan fingerprint density at radius 2 is 0.575 bits per heavy atom. The Balaban J connectivity index is 1.29. The standard InChI is InChI=1S/C70H127N9O27/c1-46(83)77-55-61(92)58(89)49(43-80)104-64(55)98-37-19-12-25-52(86)71-32-14-8-10-17-35-75-68(96)102-41-23-29-70(4,30-24-42-103-69(97)76-36-18-11-9-15-33-73-54(88)27-21-39-100-66-57(79-48(3)85)63(94)60(91)51(45-82)106-66)28-22-40-101-67(95)74-34-16-7-5-6-13-31-72-53(87)26-20-38-99-65-56(78-47(2)84)62(93)59(90)50(44-81)105-65/h49-51,55-66,80-82,89-94H,5-45H2,1-4H3,(H,71,86)(H,72,87)(H,73,88)(H,74,95)(H,75,96)(H,76,97)(H,77,83)(H,78,84)(H,79,85). The predicted octanol–water partition coefficient (Wildman–Crippen LogP) is -0.457. The van der Waals surface area contributed by atoms with E-state index in [9.17, 15) is 89.1 Å². The molecule has 0 aromatic carbocycles. The van der Waals surface area contributed by atoms with Crippen molar-refractivity contribution < 1.29 is 132 Å². The molecule has 0 spiro atoms. The van der Waals surface area contributed by atoms with Crippen molar-refractivity contribution in [3.63, 3.8) is 0 Å². The van der Waals surface area contributed by atoms with Gasteiger partial charge in [-0.15, -0.1) is 0 Å². The van der Waals surface area contributed by atoms with Gasteiger partial charge in [-0.3, -0.25) is 28.8 Å². The van der Waals surface area contributed by atoms with Crippen LogP contribution >= 0.6 is 0 Å². The van der Waals surface area contributed by atoms with E-state index < -0.39 is 148 Å². The van der Waals surface area contributed by atoms with E-state index in [4.69, 9.17) is 42.6 Å². The smallest absolute Gasteiger partial charge is 0.407 e. The molecule has 36 nitrogen and oxygen atoms in total. The molecular weight excluding hydrogens is 1400 g/mol. The van der Waals surface area contributed by atoms with Crippen LogP contribution in [0.3, 0.4) is 0 Å². The molecule has 18 N–H and O–H groups in total. The van der Waals surface area contributed by atoms with E-state index in [1.54, 1.807) is 0 Å². The zero-order chi connectivity index (χ0) is 78.1. The van der Waals surface area contributed by atoms with Gasteiger partial charge in [0.25, 0.3) is 0 Å². The SMILES string of the molecule is CC(=O)NC1C(OCCCCC(=O)NCCCCCCNC(=O)OCCCC(C)(CCCOC(=O)NCCCCCCCNC(=O)CCCOC2OC(CO)C(O)C(O)C2NC(C)=O)CCCOC(=O)NCCCCCCNC(=O)CCCOC2OC(CO)C(O)C(O)C2NC(C)=O)OC(CO)C(O)C1O. The van der Waals surface area contributed by atoms with Crippen LogP contribution in [0.2, 0.25) is 0 Å². The highest BCUT2D eigenvalue weighted by Gasteiger charge is 2.48. The van der Waals surface area contributed by atoms with Crippen LogP contribution in [0.4, 0.5) is 14.4 Å². The number of aliphatic hydroxyl groups is 9. The van der Waals surface area contributed by atoms with Gasteiger partial charge in [0.05, 0.1) is 52.9 Å². The predicted molar refractivity (Wildman–Crippen MR) is 379 cm³/mol. The maximum atomic E-state index is 12.6. The Kier molecular flexibility index (Phi) is 49.3. The number of carbonyl (C=O) groups excluding carboxylic acids is 9. The Labute approximate surface area is 621 Å². The molecule has 106 heavy (non-hydrogen) atoms. The van der Waals surface area contributed by atoms with Gasteiger partial charge in [-0.1, -0.05) is 51.9 Å². The fourth-order valence-corrected chi connectivity index (χ4v) is 12.3. The number of unbranched alkanes of at least 4 members (excludes halogenated alkanes) is 11. The summed E-state index contributed by atoms with van der Waals surface area (Å²) in [4.78, 5) is 110. The molecule has 3 aliphatic heterocycles. The molecule has 3 saturated heterocycles. The van der Waals surface area contributed by atoms with E-state index in [2.05, 4.69) is 54.8 Å². The van der Waals surface area contributed by atoms with Gasteiger partial charge in [-0.05, 0) is 108 Å². The van der Waals surface area contributed by atoms with Gasteiger partial charge in [0, 0.05) is 85.9 Å². The normalized spacial score (nSPS) is 24.8. The summed E-state index contributed by atoms with van der Waals surface area (Å²) in [5.41, 5.74) is -0.281. The highest BCUT2D eigenvalue weighted by atomic mass is 16.7. The number of hydrogen-bond donors (Lipinski definition) is 18. The van der Waals surface area contributed by atoms with Gasteiger partial charge in [-0.2, -0.15) is 0 Å². The van der Waals surface area contributed by atoms with Crippen molar-refractivity contribution in [1.29, 1.82) is 0 Å². The number of amides is 9. The summed E-state index contributed by atoms with van der Waals surface area (Å²) in [6.07, 6.45) is -0.662. The summed E-state index contributed by atoms with van der Waals surface area (Å²) < 4.78 is 50.2. The third-order valence-corrected chi connectivity index (χ3v) is 18.3. The summed E-state index contributed by atoms with van der Waals surface area (Å²) >= 11 is 0. The maximum Gasteiger partial charge on any atom is 0.407 e. The van der Waals surface area contributed by atoms with Crippen LogP contribution in [0.25, 0.3) is 0 Å². The van der Waals surface area contributed by atoms with E-state index in [1.807, 2.05) is 0 Å². The minimum atomic E-state index is -1.43. The monoisotopic (exact) mass is 1530 g/mol. The quantitative estimate of drug-likeness (QED) is 0.0271. The van der Waals surface area contributed by atoms with Crippen molar-refractivity contribution in [2.75, 3.05) is 98.7 Å². The van der Waals surface area contributed by atoms with Crippen LogP contribution in [0.1, 0.15) is 195 Å². The molecule has 9 amide bonds. The molecule has 0 saturated carbocycles. The summed E-state index contributed by atoms with van der Waals surface area (Å²) in [6, 6.07) is -3.17. The highest BCUT2D eigenvalue weighted by Crippen LogP contribution is 2.35. The van der Waals surface area contributed by atoms with Crippen LogP contribution in [0, 0.1) is 5.41 Å². The fourth-order valence-electron chi connectivity index (χ4n) is 12.3. The third-order valence-electron chi connectivity index (χ3n) is 18.3. The first-order valence-electron chi connectivity index (χ1n) is 37.9. The van der Waals surface area contributed by atoms with E-state index >= 15 is 0 Å². The van der Waals surface area contributed by atoms with Crippen LogP contribution in [0.15, 0.2) is 0 Å². The molecule has 0 bridgehead atoms. The lowest BCUT2D eigenvalue weighted by atomic mass is 9.77. The first kappa shape index (κ1) is 94.2. The maximum absolute atomic E-state index is 12.6. The Hall–Kier alpha value is -5.97. The third kappa shape index (κ3) is 39.9. The zero-order valence-corrected chi connectivity index (χ0v) is 62.5. The van der Waals surface area contributed by atoms with Crippen molar-refractivity contribution in [2.45, 2.75) is 287 Å². The molecule has 3 heterocycles. The molecule has 0 aromatic rings. The van der Waals surface area contributed by atoms with Crippen molar-refractivity contribution in [3.8, 4) is 0 Å². The van der Waals surface area contributed by atoms with Crippen molar-refractivity contribution in [3.05, 3.63) is 0 Å². The lowest BCUT2D eigenvalue weighted by molar-refractivity contribution is -0.270. The summed E-state index contributed by atoms with van der Waals surface area (Å²) in [5, 5.41) is 115. The van der Waals surface area contributed by atoms with Crippen molar-refractivity contribution >= 4 is 53.7 Å². The Morgan fingerprint density at radius 3 is 0.849 bits per heavy atom. The minimum Gasteiger partial charge on any atom is -0.450 e. The van der Waals surface area contributed by atoms with Gasteiger partial charge < -0.3 is 136 Å². The van der Waals surface area contributed by atoms with Gasteiger partial charge in [0.15, 0.2) is 18.9 Å². The van der Waals surface area contributed by atoms with Crippen LogP contribution in [-0.4, -0.2) is 290 Å². The zero-order valence-electron chi connectivity index (χ0n) is 62.5. The first-order valence-corrected chi connectivity index (χ1v) is 37.9. The number of ether oxygens (including phenoxy) is 9.